The number of carboxylic acid groups (broad SMARTS) is 1. The van der Waals surface area contributed by atoms with E-state index >= 15 is 0 Å². The first-order chi connectivity index (χ1) is 9.15. The molecule has 2 rings (SSSR count). The van der Waals surface area contributed by atoms with Crippen molar-refractivity contribution in [3.8, 4) is 0 Å². The Hall–Kier alpha value is -2.44. The van der Waals surface area contributed by atoms with Crippen LogP contribution in [0.3, 0.4) is 0 Å². The standard InChI is InChI=1S/C12H15N5O2/c1-17-7-9(5-16-17)2-3-14-12-10(4-11(18)19)6-13-8-15-12/h5-8H,2-4H2,1H3,(H,18,19)(H,13,14,15). The van der Waals surface area contributed by atoms with Gasteiger partial charge in [-0.3, -0.25) is 9.48 Å². The lowest BCUT2D eigenvalue weighted by Crippen LogP contribution is -2.11. The van der Waals surface area contributed by atoms with Gasteiger partial charge in [-0.05, 0) is 12.0 Å². The maximum absolute atomic E-state index is 10.7. The lowest BCUT2D eigenvalue weighted by Gasteiger charge is -2.08. The molecular formula is C12H15N5O2. The second-order valence-electron chi connectivity index (χ2n) is 4.17. The fourth-order valence-electron chi connectivity index (χ4n) is 1.74. The molecule has 0 amide bonds. The first kappa shape index (κ1) is 13.0. The summed E-state index contributed by atoms with van der Waals surface area (Å²) in [5, 5.41) is 16.0. The zero-order valence-corrected chi connectivity index (χ0v) is 10.6. The predicted octanol–water partition coefficient (Wildman–Crippen LogP) is 0.492. The fraction of sp³-hybridized carbons (Fsp3) is 0.333. The van der Waals surface area contributed by atoms with Crippen LogP contribution in [-0.4, -0.2) is 37.4 Å². The number of aliphatic carboxylic acids is 1. The molecule has 0 radical (unpaired) electrons. The molecule has 0 fully saturated rings. The van der Waals surface area contributed by atoms with Crippen molar-refractivity contribution < 1.29 is 9.90 Å². The lowest BCUT2D eigenvalue weighted by atomic mass is 10.2. The van der Waals surface area contributed by atoms with Crippen LogP contribution >= 0.6 is 0 Å². The van der Waals surface area contributed by atoms with E-state index in [1.165, 1.54) is 12.5 Å². The second-order valence-corrected chi connectivity index (χ2v) is 4.17. The number of aryl methyl sites for hydroxylation is 1. The van der Waals surface area contributed by atoms with Gasteiger partial charge in [0.15, 0.2) is 0 Å². The van der Waals surface area contributed by atoms with Crippen molar-refractivity contribution >= 4 is 11.8 Å². The molecular weight excluding hydrogens is 246 g/mol. The first-order valence-electron chi connectivity index (χ1n) is 5.87. The average molecular weight is 261 g/mol. The topological polar surface area (TPSA) is 92.9 Å². The number of hydrogen-bond donors (Lipinski definition) is 2. The molecule has 2 aromatic rings. The van der Waals surface area contributed by atoms with E-state index in [0.29, 0.717) is 17.9 Å². The highest BCUT2D eigenvalue weighted by Gasteiger charge is 2.07. The minimum absolute atomic E-state index is 0.0872. The number of hydrogen-bond acceptors (Lipinski definition) is 5. The predicted molar refractivity (Wildman–Crippen MR) is 68.8 cm³/mol. The van der Waals surface area contributed by atoms with Gasteiger partial charge in [-0.15, -0.1) is 0 Å². The van der Waals surface area contributed by atoms with Gasteiger partial charge < -0.3 is 10.4 Å². The summed E-state index contributed by atoms with van der Waals surface area (Å²) < 4.78 is 1.75. The average Bonchev–Trinajstić information content (AvgIpc) is 2.77. The van der Waals surface area contributed by atoms with Gasteiger partial charge in [0.25, 0.3) is 0 Å². The van der Waals surface area contributed by atoms with E-state index in [4.69, 9.17) is 5.11 Å². The number of rotatable bonds is 6. The van der Waals surface area contributed by atoms with Crippen LogP contribution in [0.5, 0.6) is 0 Å². The lowest BCUT2D eigenvalue weighted by molar-refractivity contribution is -0.136. The maximum atomic E-state index is 10.7. The van der Waals surface area contributed by atoms with E-state index in [0.717, 1.165) is 12.0 Å². The van der Waals surface area contributed by atoms with Crippen LogP contribution in [0, 0.1) is 0 Å². The van der Waals surface area contributed by atoms with E-state index < -0.39 is 5.97 Å². The summed E-state index contributed by atoms with van der Waals surface area (Å²) in [5.41, 5.74) is 1.70. The molecule has 0 saturated carbocycles. The molecule has 0 atom stereocenters. The van der Waals surface area contributed by atoms with Crippen molar-refractivity contribution in [1.82, 2.24) is 19.7 Å². The Morgan fingerprint density at radius 1 is 1.47 bits per heavy atom. The molecule has 0 spiro atoms. The first-order valence-corrected chi connectivity index (χ1v) is 5.87. The Morgan fingerprint density at radius 2 is 2.32 bits per heavy atom. The number of aromatic nitrogens is 4. The molecule has 7 nitrogen and oxygen atoms in total. The Balaban J connectivity index is 1.93. The van der Waals surface area contributed by atoms with Crippen molar-refractivity contribution in [3.05, 3.63) is 36.0 Å². The van der Waals surface area contributed by atoms with Crippen LogP contribution in [0.25, 0.3) is 0 Å². The molecule has 7 heteroatoms. The molecule has 2 aromatic heterocycles. The number of carbonyl (C=O) groups is 1. The fourth-order valence-corrected chi connectivity index (χ4v) is 1.74. The molecule has 0 aromatic carbocycles. The van der Waals surface area contributed by atoms with Gasteiger partial charge in [0.1, 0.15) is 12.1 Å². The van der Waals surface area contributed by atoms with Crippen molar-refractivity contribution in [2.75, 3.05) is 11.9 Å². The Kier molecular flexibility index (Phi) is 4.07. The van der Waals surface area contributed by atoms with Gasteiger partial charge in [0, 0.05) is 31.5 Å². The van der Waals surface area contributed by atoms with Crippen LogP contribution in [0.15, 0.2) is 24.9 Å². The van der Waals surface area contributed by atoms with Gasteiger partial charge in [0.05, 0.1) is 12.6 Å². The molecule has 0 saturated heterocycles. The number of nitrogens with zero attached hydrogens (tertiary/aromatic N) is 4. The summed E-state index contributed by atoms with van der Waals surface area (Å²) in [6.45, 7) is 0.662. The molecule has 0 bridgehead atoms. The third-order valence-electron chi connectivity index (χ3n) is 2.59. The van der Waals surface area contributed by atoms with E-state index in [1.807, 2.05) is 13.2 Å². The molecule has 2 heterocycles. The normalized spacial score (nSPS) is 10.4. The van der Waals surface area contributed by atoms with Gasteiger partial charge in [0.2, 0.25) is 0 Å². The highest BCUT2D eigenvalue weighted by Crippen LogP contribution is 2.11. The number of nitrogens with one attached hydrogen (secondary N) is 1. The summed E-state index contributed by atoms with van der Waals surface area (Å²) in [6, 6.07) is 0. The van der Waals surface area contributed by atoms with Gasteiger partial charge in [-0.1, -0.05) is 0 Å². The van der Waals surface area contributed by atoms with Crippen molar-refractivity contribution in [2.24, 2.45) is 7.05 Å². The van der Waals surface area contributed by atoms with Crippen LogP contribution in [0.2, 0.25) is 0 Å². The van der Waals surface area contributed by atoms with Crippen molar-refractivity contribution in [1.29, 1.82) is 0 Å². The maximum Gasteiger partial charge on any atom is 0.308 e. The van der Waals surface area contributed by atoms with Crippen LogP contribution in [-0.2, 0) is 24.7 Å². The SMILES string of the molecule is Cn1cc(CCNc2ncncc2CC(=O)O)cn1. The molecule has 2 N–H and O–H groups in total. The molecule has 0 aliphatic heterocycles. The smallest absolute Gasteiger partial charge is 0.308 e. The van der Waals surface area contributed by atoms with E-state index in [1.54, 1.807) is 10.9 Å². The monoisotopic (exact) mass is 261 g/mol. The molecule has 0 aliphatic carbocycles. The van der Waals surface area contributed by atoms with Gasteiger partial charge in [-0.25, -0.2) is 9.97 Å². The number of carboxylic acids is 1. The van der Waals surface area contributed by atoms with Crippen LogP contribution < -0.4 is 5.32 Å². The largest absolute Gasteiger partial charge is 0.481 e. The van der Waals surface area contributed by atoms with E-state index in [-0.39, 0.29) is 6.42 Å². The highest BCUT2D eigenvalue weighted by molar-refractivity contribution is 5.72. The van der Waals surface area contributed by atoms with Gasteiger partial charge in [-0.2, -0.15) is 5.10 Å². The van der Waals surface area contributed by atoms with Gasteiger partial charge >= 0.3 is 5.97 Å². The Morgan fingerprint density at radius 3 is 3.00 bits per heavy atom. The van der Waals surface area contributed by atoms with Crippen molar-refractivity contribution in [2.45, 2.75) is 12.8 Å². The molecule has 0 aliphatic rings. The van der Waals surface area contributed by atoms with Crippen LogP contribution in [0.4, 0.5) is 5.82 Å². The quantitative estimate of drug-likeness (QED) is 0.786. The molecule has 19 heavy (non-hydrogen) atoms. The zero-order valence-electron chi connectivity index (χ0n) is 10.6. The second kappa shape index (κ2) is 5.94. The molecule has 0 unspecified atom stereocenters. The Bertz CT molecular complexity index is 567. The molecule has 100 valence electrons. The zero-order chi connectivity index (χ0) is 13.7. The third kappa shape index (κ3) is 3.77. The minimum atomic E-state index is -0.898. The van der Waals surface area contributed by atoms with E-state index in [9.17, 15) is 4.79 Å². The summed E-state index contributed by atoms with van der Waals surface area (Å²) in [5.74, 6) is -0.327. The van der Waals surface area contributed by atoms with Crippen molar-refractivity contribution in [3.63, 3.8) is 0 Å². The third-order valence-corrected chi connectivity index (χ3v) is 2.59. The van der Waals surface area contributed by atoms with Crippen LogP contribution in [0.1, 0.15) is 11.1 Å². The summed E-state index contributed by atoms with van der Waals surface area (Å²) in [4.78, 5) is 18.6. The number of anilines is 1. The summed E-state index contributed by atoms with van der Waals surface area (Å²) >= 11 is 0. The Labute approximate surface area is 110 Å². The summed E-state index contributed by atoms with van der Waals surface area (Å²) in [7, 11) is 1.87. The van der Waals surface area contributed by atoms with E-state index in [2.05, 4.69) is 20.4 Å². The summed E-state index contributed by atoms with van der Waals surface area (Å²) in [6.07, 6.45) is 7.38. The highest BCUT2D eigenvalue weighted by atomic mass is 16.4. The minimum Gasteiger partial charge on any atom is -0.481 e.